The summed E-state index contributed by atoms with van der Waals surface area (Å²) in [7, 11) is -8.43. The van der Waals surface area contributed by atoms with Gasteiger partial charge in [-0.2, -0.15) is 0 Å². The first-order valence-electron chi connectivity index (χ1n) is 11.1. The quantitative estimate of drug-likeness (QED) is 0.194. The third kappa shape index (κ3) is 6.89. The zero-order chi connectivity index (χ0) is 25.3. The molecule has 0 aliphatic heterocycles. The van der Waals surface area contributed by atoms with Crippen molar-refractivity contribution in [2.45, 2.75) is 30.2 Å². The minimum absolute atomic E-state index is 0.0180. The van der Waals surface area contributed by atoms with Crippen LogP contribution < -0.4 is 0 Å². The monoisotopic (exact) mass is 518 g/mol. The molecule has 0 fully saturated rings. The first kappa shape index (κ1) is 26.8. The molecular weight excluding hydrogens is 490 g/mol. The van der Waals surface area contributed by atoms with Gasteiger partial charge in [0.1, 0.15) is 5.76 Å². The smallest absolute Gasteiger partial charge is 0.404 e. The molecule has 35 heavy (non-hydrogen) atoms. The molecule has 0 saturated heterocycles. The summed E-state index contributed by atoms with van der Waals surface area (Å²) >= 11 is 0. The van der Waals surface area contributed by atoms with Gasteiger partial charge in [0.05, 0.1) is 24.0 Å². The van der Waals surface area contributed by atoms with E-state index in [-0.39, 0.29) is 23.9 Å². The number of allylic oxidation sites excluding steroid dienone is 1. The van der Waals surface area contributed by atoms with Crippen LogP contribution in [0.2, 0.25) is 0 Å². The average molecular weight is 519 g/mol. The van der Waals surface area contributed by atoms with Gasteiger partial charge in [-0.05, 0) is 37.6 Å². The van der Waals surface area contributed by atoms with Crippen LogP contribution >= 0.6 is 7.82 Å². The molecule has 0 spiro atoms. The highest BCUT2D eigenvalue weighted by Gasteiger charge is 2.37. The van der Waals surface area contributed by atoms with E-state index in [9.17, 15) is 13.0 Å². The fraction of sp³-hybridized carbons (Fsp3) is 0.231. The first-order chi connectivity index (χ1) is 16.8. The summed E-state index contributed by atoms with van der Waals surface area (Å²) in [5, 5.41) is 0. The lowest BCUT2D eigenvalue weighted by molar-refractivity contribution is 0.159. The van der Waals surface area contributed by atoms with Gasteiger partial charge in [-0.15, -0.1) is 0 Å². The molecule has 0 aromatic heterocycles. The van der Waals surface area contributed by atoms with E-state index in [0.717, 1.165) is 0 Å². The Bertz CT molecular complexity index is 1240. The highest BCUT2D eigenvalue weighted by molar-refractivity contribution is 7.92. The van der Waals surface area contributed by atoms with Crippen molar-refractivity contribution in [1.82, 2.24) is 0 Å². The Kier molecular flexibility index (Phi) is 9.40. The van der Waals surface area contributed by atoms with Gasteiger partial charge in [-0.1, -0.05) is 78.9 Å². The van der Waals surface area contributed by atoms with E-state index in [0.29, 0.717) is 11.1 Å². The van der Waals surface area contributed by atoms with Crippen molar-refractivity contribution in [3.8, 4) is 0 Å². The van der Waals surface area contributed by atoms with E-state index in [2.05, 4.69) is 0 Å². The number of phosphoric ester groups is 1. The number of halogens is 1. The van der Waals surface area contributed by atoms with Gasteiger partial charge in [0.2, 0.25) is 15.3 Å². The Labute approximate surface area is 205 Å². The van der Waals surface area contributed by atoms with E-state index in [4.69, 9.17) is 13.6 Å². The summed E-state index contributed by atoms with van der Waals surface area (Å²) in [6, 6.07) is 24.4. The molecule has 6 nitrogen and oxygen atoms in total. The van der Waals surface area contributed by atoms with Gasteiger partial charge in [0.25, 0.3) is 0 Å². The largest absolute Gasteiger partial charge is 0.530 e. The standard InChI is InChI=1S/C26H28FO6PS/c1-3-31-34(28,32-4-2)33-25(22-16-10-6-11-17-22)20-24(21-14-8-5-9-15-21)26(27)35(29,30)23-18-12-7-13-19-23/h5-20,24,26H,3-4H2,1-2H3/b25-20-/t24-,26-/m1/s1. The Hall–Kier alpha value is -2.77. The molecule has 186 valence electrons. The van der Waals surface area contributed by atoms with Crippen molar-refractivity contribution in [1.29, 1.82) is 0 Å². The molecule has 0 aliphatic carbocycles. The average Bonchev–Trinajstić information content (AvgIpc) is 2.88. The molecule has 0 heterocycles. The van der Waals surface area contributed by atoms with Crippen molar-refractivity contribution < 1.29 is 30.9 Å². The topological polar surface area (TPSA) is 78.9 Å². The lowest BCUT2D eigenvalue weighted by Crippen LogP contribution is -2.24. The maximum atomic E-state index is 16.0. The minimum Gasteiger partial charge on any atom is -0.404 e. The summed E-state index contributed by atoms with van der Waals surface area (Å²) in [6.45, 7) is 3.38. The second-order valence-corrected chi connectivity index (χ2v) is 11.0. The van der Waals surface area contributed by atoms with Crippen LogP contribution in [-0.4, -0.2) is 27.1 Å². The zero-order valence-electron chi connectivity index (χ0n) is 19.5. The van der Waals surface area contributed by atoms with Crippen LogP contribution in [0.1, 0.15) is 30.9 Å². The number of sulfone groups is 1. The van der Waals surface area contributed by atoms with Crippen molar-refractivity contribution in [2.75, 3.05) is 13.2 Å². The van der Waals surface area contributed by atoms with Gasteiger partial charge in [-0.3, -0.25) is 9.05 Å². The third-order valence-corrected chi connectivity index (χ3v) is 8.39. The van der Waals surface area contributed by atoms with Gasteiger partial charge in [-0.25, -0.2) is 17.4 Å². The molecule has 3 aromatic carbocycles. The summed E-state index contributed by atoms with van der Waals surface area (Å²) in [6.07, 6.45) is 1.32. The summed E-state index contributed by atoms with van der Waals surface area (Å²) in [4.78, 5) is -0.140. The minimum atomic E-state index is -4.38. The number of alkyl halides is 1. The van der Waals surface area contributed by atoms with Crippen LogP contribution in [0.15, 0.2) is 102 Å². The second-order valence-electron chi connectivity index (χ2n) is 7.42. The summed E-state index contributed by atoms with van der Waals surface area (Å²) in [5.41, 5.74) is -1.50. The molecule has 0 bridgehead atoms. The van der Waals surface area contributed by atoms with Crippen molar-refractivity contribution in [3.05, 3.63) is 108 Å². The van der Waals surface area contributed by atoms with E-state index in [1.54, 1.807) is 80.6 Å². The van der Waals surface area contributed by atoms with E-state index in [1.165, 1.54) is 30.3 Å². The van der Waals surface area contributed by atoms with E-state index < -0.39 is 29.1 Å². The molecule has 0 N–H and O–H groups in total. The molecular formula is C26H28FO6PS. The van der Waals surface area contributed by atoms with Crippen molar-refractivity contribution >= 4 is 23.4 Å². The maximum Gasteiger partial charge on any atom is 0.530 e. The fourth-order valence-corrected chi connectivity index (χ4v) is 6.04. The SMILES string of the molecule is CCOP(=O)(OCC)O/C(=C\[C@H](c1ccccc1)[C@H](F)S(=O)(=O)c1ccccc1)c1ccccc1. The number of hydrogen-bond donors (Lipinski definition) is 0. The normalized spacial score (nSPS) is 14.3. The van der Waals surface area contributed by atoms with Gasteiger partial charge >= 0.3 is 7.82 Å². The van der Waals surface area contributed by atoms with E-state index in [1.807, 2.05) is 0 Å². The second kappa shape index (κ2) is 12.3. The highest BCUT2D eigenvalue weighted by Crippen LogP contribution is 2.53. The van der Waals surface area contributed by atoms with Crippen molar-refractivity contribution in [2.24, 2.45) is 0 Å². The van der Waals surface area contributed by atoms with E-state index >= 15 is 4.39 Å². The highest BCUT2D eigenvalue weighted by atomic mass is 32.2. The molecule has 0 saturated carbocycles. The zero-order valence-corrected chi connectivity index (χ0v) is 21.2. The van der Waals surface area contributed by atoms with Crippen LogP contribution in [-0.2, 0) is 28.0 Å². The third-order valence-electron chi connectivity index (χ3n) is 5.01. The Balaban J connectivity index is 2.16. The van der Waals surface area contributed by atoms with Crippen molar-refractivity contribution in [3.63, 3.8) is 0 Å². The van der Waals surface area contributed by atoms with Crippen LogP contribution in [0.5, 0.6) is 0 Å². The molecule has 0 radical (unpaired) electrons. The predicted molar refractivity (Wildman–Crippen MR) is 134 cm³/mol. The lowest BCUT2D eigenvalue weighted by Gasteiger charge is -2.23. The Morgan fingerprint density at radius 1 is 0.857 bits per heavy atom. The Morgan fingerprint density at radius 2 is 1.34 bits per heavy atom. The van der Waals surface area contributed by atoms with Gasteiger partial charge < -0.3 is 4.52 Å². The molecule has 0 unspecified atom stereocenters. The number of benzene rings is 3. The van der Waals surface area contributed by atoms with Crippen LogP contribution in [0.25, 0.3) is 5.76 Å². The summed E-state index contributed by atoms with van der Waals surface area (Å²) < 4.78 is 71.9. The van der Waals surface area contributed by atoms with Gasteiger partial charge in [0, 0.05) is 5.56 Å². The lowest BCUT2D eigenvalue weighted by atomic mass is 9.98. The van der Waals surface area contributed by atoms with Gasteiger partial charge in [0.15, 0.2) is 0 Å². The Morgan fingerprint density at radius 3 is 1.86 bits per heavy atom. The van der Waals surface area contributed by atoms with Crippen LogP contribution in [0.4, 0.5) is 4.39 Å². The number of rotatable bonds is 12. The molecule has 3 aromatic rings. The molecule has 0 amide bonds. The molecule has 2 atom stereocenters. The maximum absolute atomic E-state index is 16.0. The number of hydrogen-bond acceptors (Lipinski definition) is 6. The van der Waals surface area contributed by atoms with Crippen LogP contribution in [0.3, 0.4) is 0 Å². The first-order valence-corrected chi connectivity index (χ1v) is 14.2. The van der Waals surface area contributed by atoms with Crippen LogP contribution in [0, 0.1) is 0 Å². The molecule has 3 rings (SSSR count). The summed E-state index contributed by atoms with van der Waals surface area (Å²) in [5.74, 6) is -1.30. The predicted octanol–water partition coefficient (Wildman–Crippen LogP) is 6.78. The number of phosphoric acid groups is 1. The molecule has 9 heteroatoms. The fourth-order valence-electron chi connectivity index (χ4n) is 3.40. The molecule has 0 aliphatic rings.